The molecule has 0 fully saturated rings. The SMILES string of the molecule is N#Cc1cc2ncncn2n1. The fraction of sp³-hybridized carbons (Fsp3) is 0. The average molecular weight is 145 g/mol. The highest BCUT2D eigenvalue weighted by atomic mass is 15.3. The Bertz CT molecular complexity index is 391. The lowest BCUT2D eigenvalue weighted by atomic mass is 10.5. The molecule has 0 bridgehead atoms. The summed E-state index contributed by atoms with van der Waals surface area (Å²) < 4.78 is 1.46. The van der Waals surface area contributed by atoms with Crippen molar-refractivity contribution in [3.05, 3.63) is 24.4 Å². The average Bonchev–Trinajstić information content (AvgIpc) is 2.46. The van der Waals surface area contributed by atoms with Gasteiger partial charge in [0, 0.05) is 6.07 Å². The highest BCUT2D eigenvalue weighted by molar-refractivity contribution is 5.41. The van der Waals surface area contributed by atoms with Crippen molar-refractivity contribution in [2.75, 3.05) is 0 Å². The van der Waals surface area contributed by atoms with E-state index < -0.39 is 0 Å². The summed E-state index contributed by atoms with van der Waals surface area (Å²) in [5.41, 5.74) is 0.988. The van der Waals surface area contributed by atoms with Crippen LogP contribution in [0.15, 0.2) is 18.7 Å². The first-order valence-electron chi connectivity index (χ1n) is 2.95. The van der Waals surface area contributed by atoms with Crippen LogP contribution in [-0.2, 0) is 0 Å². The third-order valence-electron chi connectivity index (χ3n) is 1.26. The number of rotatable bonds is 0. The van der Waals surface area contributed by atoms with Crippen molar-refractivity contribution >= 4 is 5.65 Å². The molecule has 2 heterocycles. The Hall–Kier alpha value is -1.96. The van der Waals surface area contributed by atoms with Crippen molar-refractivity contribution in [1.82, 2.24) is 19.6 Å². The Morgan fingerprint density at radius 1 is 1.55 bits per heavy atom. The zero-order chi connectivity index (χ0) is 7.68. The molecule has 0 saturated heterocycles. The molecule has 0 aliphatic rings. The molecule has 0 unspecified atom stereocenters. The van der Waals surface area contributed by atoms with Crippen molar-refractivity contribution < 1.29 is 0 Å². The summed E-state index contributed by atoms with van der Waals surface area (Å²) in [6.07, 6.45) is 2.92. The van der Waals surface area contributed by atoms with Gasteiger partial charge in [-0.2, -0.15) is 10.4 Å². The second-order valence-corrected chi connectivity index (χ2v) is 1.95. The maximum Gasteiger partial charge on any atom is 0.165 e. The topological polar surface area (TPSA) is 66.9 Å². The van der Waals surface area contributed by atoms with Crippen LogP contribution in [-0.4, -0.2) is 19.6 Å². The smallest absolute Gasteiger partial charge is 0.165 e. The van der Waals surface area contributed by atoms with Gasteiger partial charge in [0.25, 0.3) is 0 Å². The van der Waals surface area contributed by atoms with E-state index in [-0.39, 0.29) is 0 Å². The van der Waals surface area contributed by atoms with E-state index in [1.165, 1.54) is 17.2 Å². The minimum absolute atomic E-state index is 0.352. The summed E-state index contributed by atoms with van der Waals surface area (Å²) in [6.45, 7) is 0. The van der Waals surface area contributed by atoms with Crippen LogP contribution in [0.2, 0.25) is 0 Å². The van der Waals surface area contributed by atoms with Gasteiger partial charge < -0.3 is 0 Å². The molecule has 11 heavy (non-hydrogen) atoms. The van der Waals surface area contributed by atoms with E-state index in [9.17, 15) is 0 Å². The Labute approximate surface area is 61.9 Å². The Balaban J connectivity index is 2.81. The second kappa shape index (κ2) is 2.02. The number of fused-ring (bicyclic) bond motifs is 1. The molecule has 2 aromatic rings. The molecule has 0 aromatic carbocycles. The quantitative estimate of drug-likeness (QED) is 0.523. The van der Waals surface area contributed by atoms with E-state index in [1.54, 1.807) is 6.07 Å². The molecule has 0 aliphatic carbocycles. The molecule has 0 radical (unpaired) electrons. The van der Waals surface area contributed by atoms with Gasteiger partial charge in [-0.25, -0.2) is 14.5 Å². The van der Waals surface area contributed by atoms with Crippen molar-refractivity contribution in [3.63, 3.8) is 0 Å². The fourth-order valence-corrected chi connectivity index (χ4v) is 0.806. The fourth-order valence-electron chi connectivity index (χ4n) is 0.806. The lowest BCUT2D eigenvalue weighted by Gasteiger charge is -1.84. The second-order valence-electron chi connectivity index (χ2n) is 1.95. The van der Waals surface area contributed by atoms with E-state index in [2.05, 4.69) is 15.1 Å². The number of hydrogen-bond donors (Lipinski definition) is 0. The molecular weight excluding hydrogens is 142 g/mol. The largest absolute Gasteiger partial charge is 0.225 e. The lowest BCUT2D eigenvalue weighted by molar-refractivity contribution is 0.885. The van der Waals surface area contributed by atoms with Crippen molar-refractivity contribution in [2.24, 2.45) is 0 Å². The summed E-state index contributed by atoms with van der Waals surface area (Å²) in [7, 11) is 0. The molecule has 0 amide bonds. The van der Waals surface area contributed by atoms with Gasteiger partial charge in [0.15, 0.2) is 11.3 Å². The van der Waals surface area contributed by atoms with Gasteiger partial charge in [0.2, 0.25) is 0 Å². The van der Waals surface area contributed by atoms with E-state index >= 15 is 0 Å². The third kappa shape index (κ3) is 0.809. The predicted octanol–water partition coefficient (Wildman–Crippen LogP) is -0.00402. The molecule has 5 nitrogen and oxygen atoms in total. The standard InChI is InChI=1S/C6H3N5/c7-2-5-1-6-9-3-8-4-11(6)10-5/h1,3-4H. The van der Waals surface area contributed by atoms with Gasteiger partial charge in [0.05, 0.1) is 0 Å². The first-order chi connectivity index (χ1) is 5.40. The van der Waals surface area contributed by atoms with E-state index in [0.717, 1.165) is 0 Å². The van der Waals surface area contributed by atoms with Crippen LogP contribution < -0.4 is 0 Å². The van der Waals surface area contributed by atoms with Crippen LogP contribution in [0.25, 0.3) is 5.65 Å². The van der Waals surface area contributed by atoms with Gasteiger partial charge in [0.1, 0.15) is 18.7 Å². The minimum Gasteiger partial charge on any atom is -0.225 e. The summed E-state index contributed by atoms with van der Waals surface area (Å²) in [5, 5.41) is 12.3. The van der Waals surface area contributed by atoms with E-state index in [0.29, 0.717) is 11.3 Å². The third-order valence-corrected chi connectivity index (χ3v) is 1.26. The number of hydrogen-bond acceptors (Lipinski definition) is 4. The van der Waals surface area contributed by atoms with Crippen molar-refractivity contribution in [3.8, 4) is 6.07 Å². The summed E-state index contributed by atoms with van der Waals surface area (Å²) >= 11 is 0. The predicted molar refractivity (Wildman–Crippen MR) is 35.5 cm³/mol. The van der Waals surface area contributed by atoms with E-state index in [1.807, 2.05) is 6.07 Å². The minimum atomic E-state index is 0.352. The summed E-state index contributed by atoms with van der Waals surface area (Å²) in [4.78, 5) is 7.63. The molecule has 0 spiro atoms. The Kier molecular flexibility index (Phi) is 1.07. The molecule has 0 atom stereocenters. The lowest BCUT2D eigenvalue weighted by Crippen LogP contribution is -1.89. The Morgan fingerprint density at radius 3 is 3.18 bits per heavy atom. The number of aromatic nitrogens is 4. The zero-order valence-corrected chi connectivity index (χ0v) is 5.47. The molecule has 52 valence electrons. The van der Waals surface area contributed by atoms with Crippen LogP contribution in [0.5, 0.6) is 0 Å². The molecular formula is C6H3N5. The van der Waals surface area contributed by atoms with Crippen LogP contribution in [0.1, 0.15) is 5.69 Å². The number of nitriles is 1. The molecule has 0 N–H and O–H groups in total. The number of nitrogens with zero attached hydrogens (tertiary/aromatic N) is 5. The summed E-state index contributed by atoms with van der Waals surface area (Å²) in [6, 6.07) is 3.52. The molecule has 0 saturated carbocycles. The maximum atomic E-state index is 8.46. The van der Waals surface area contributed by atoms with Crippen LogP contribution in [0, 0.1) is 11.3 Å². The van der Waals surface area contributed by atoms with Crippen molar-refractivity contribution in [2.45, 2.75) is 0 Å². The Morgan fingerprint density at radius 2 is 2.45 bits per heavy atom. The highest BCUT2D eigenvalue weighted by Crippen LogP contribution is 1.98. The van der Waals surface area contributed by atoms with Crippen molar-refractivity contribution in [1.29, 1.82) is 5.26 Å². The monoisotopic (exact) mass is 145 g/mol. The molecule has 5 heteroatoms. The maximum absolute atomic E-state index is 8.46. The normalized spacial score (nSPS) is 9.73. The first kappa shape index (κ1) is 5.80. The van der Waals surface area contributed by atoms with Crippen LogP contribution >= 0.6 is 0 Å². The molecule has 2 rings (SSSR count). The van der Waals surface area contributed by atoms with Crippen LogP contribution in [0.4, 0.5) is 0 Å². The van der Waals surface area contributed by atoms with Gasteiger partial charge in [-0.1, -0.05) is 0 Å². The van der Waals surface area contributed by atoms with Gasteiger partial charge in [-0.05, 0) is 0 Å². The highest BCUT2D eigenvalue weighted by Gasteiger charge is 1.98. The van der Waals surface area contributed by atoms with Crippen LogP contribution in [0.3, 0.4) is 0 Å². The zero-order valence-electron chi connectivity index (χ0n) is 5.47. The van der Waals surface area contributed by atoms with E-state index in [4.69, 9.17) is 5.26 Å². The van der Waals surface area contributed by atoms with Gasteiger partial charge >= 0.3 is 0 Å². The van der Waals surface area contributed by atoms with Gasteiger partial charge in [-0.3, -0.25) is 0 Å². The molecule has 2 aromatic heterocycles. The molecule has 0 aliphatic heterocycles. The summed E-state index contributed by atoms with van der Waals surface area (Å²) in [5.74, 6) is 0. The van der Waals surface area contributed by atoms with Gasteiger partial charge in [-0.15, -0.1) is 0 Å². The first-order valence-corrected chi connectivity index (χ1v) is 2.95.